The molecular weight excluding hydrogens is 510 g/mol. The Labute approximate surface area is 229 Å². The SMILES string of the molecule is COc1ccc([Si](C)(C)[C@@H]2[C@@H](CCO)O[C@]3(C(=O)Nc4ccc(NC(=O)c5ccc(N)cc5)cc43)[C@H]2C)cc1. The second kappa shape index (κ2) is 10.1. The van der Waals surface area contributed by atoms with Crippen molar-refractivity contribution in [3.8, 4) is 5.75 Å². The lowest BCUT2D eigenvalue weighted by Crippen LogP contribution is -2.51. The molecule has 2 aliphatic rings. The lowest BCUT2D eigenvalue weighted by molar-refractivity contribution is -0.143. The summed E-state index contributed by atoms with van der Waals surface area (Å²) in [4.78, 5) is 26.6. The van der Waals surface area contributed by atoms with Gasteiger partial charge in [-0.05, 0) is 66.6 Å². The van der Waals surface area contributed by atoms with Gasteiger partial charge in [0.05, 0.1) is 21.3 Å². The topological polar surface area (TPSA) is 123 Å². The van der Waals surface area contributed by atoms with Gasteiger partial charge in [-0.2, -0.15) is 0 Å². The summed E-state index contributed by atoms with van der Waals surface area (Å²) in [7, 11) is -0.583. The van der Waals surface area contributed by atoms with Crippen molar-refractivity contribution in [1.82, 2.24) is 0 Å². The lowest BCUT2D eigenvalue weighted by Gasteiger charge is -2.37. The summed E-state index contributed by atoms with van der Waals surface area (Å²) in [5.41, 5.74) is 7.58. The first-order valence-corrected chi connectivity index (χ1v) is 16.3. The summed E-state index contributed by atoms with van der Waals surface area (Å²) in [5, 5.41) is 17.1. The number of aliphatic hydroxyl groups excluding tert-OH is 1. The molecule has 39 heavy (non-hydrogen) atoms. The van der Waals surface area contributed by atoms with Crippen molar-refractivity contribution in [2.75, 3.05) is 30.1 Å². The number of aliphatic hydroxyl groups is 1. The van der Waals surface area contributed by atoms with Crippen molar-refractivity contribution in [1.29, 1.82) is 0 Å². The summed E-state index contributed by atoms with van der Waals surface area (Å²) in [5.74, 6) is 0.130. The molecule has 0 radical (unpaired) electrons. The third kappa shape index (κ3) is 4.50. The van der Waals surface area contributed by atoms with Crippen molar-refractivity contribution < 1.29 is 24.2 Å². The van der Waals surface area contributed by atoms with Crippen molar-refractivity contribution >= 4 is 42.1 Å². The van der Waals surface area contributed by atoms with E-state index < -0.39 is 13.7 Å². The minimum atomic E-state index is -2.23. The molecule has 0 bridgehead atoms. The van der Waals surface area contributed by atoms with Crippen LogP contribution in [0.3, 0.4) is 0 Å². The van der Waals surface area contributed by atoms with Gasteiger partial charge in [0.2, 0.25) is 0 Å². The van der Waals surface area contributed by atoms with Crippen LogP contribution in [0.2, 0.25) is 18.6 Å². The van der Waals surface area contributed by atoms with E-state index in [4.69, 9.17) is 15.2 Å². The van der Waals surface area contributed by atoms with Gasteiger partial charge >= 0.3 is 0 Å². The number of rotatable bonds is 7. The number of anilines is 3. The zero-order chi connectivity index (χ0) is 27.9. The van der Waals surface area contributed by atoms with Crippen LogP contribution < -0.4 is 26.3 Å². The molecule has 3 aromatic rings. The van der Waals surface area contributed by atoms with Crippen molar-refractivity contribution in [2.45, 2.75) is 43.7 Å². The predicted octanol–water partition coefficient (Wildman–Crippen LogP) is 4.08. The van der Waals surface area contributed by atoms with Crippen LogP contribution in [0.25, 0.3) is 0 Å². The van der Waals surface area contributed by atoms with E-state index in [0.29, 0.717) is 34.6 Å². The predicted molar refractivity (Wildman–Crippen MR) is 155 cm³/mol. The van der Waals surface area contributed by atoms with E-state index >= 15 is 0 Å². The van der Waals surface area contributed by atoms with E-state index in [0.717, 1.165) is 5.75 Å². The van der Waals surface area contributed by atoms with E-state index in [1.165, 1.54) is 5.19 Å². The molecule has 9 heteroatoms. The van der Waals surface area contributed by atoms with Crippen molar-refractivity contribution in [3.63, 3.8) is 0 Å². The Balaban J connectivity index is 1.51. The molecule has 4 atom stereocenters. The number of benzene rings is 3. The molecule has 1 spiro atoms. The second-order valence-corrected chi connectivity index (χ2v) is 15.6. The molecule has 5 rings (SSSR count). The molecule has 2 amide bonds. The standard InChI is InChI=1S/C30H35N3O5Si/c1-18-27(39(3,4)23-12-10-22(37-2)11-13-23)26(15-16-34)38-30(18)24-17-21(9-14-25(24)33-29(30)36)32-28(35)19-5-7-20(31)8-6-19/h5-14,17-18,26-27,34H,15-16,31H2,1-4H3,(H,32,35)(H,33,36)/t18-,26+,27-,30+/m0/s1. The van der Waals surface area contributed by atoms with Crippen LogP contribution >= 0.6 is 0 Å². The zero-order valence-electron chi connectivity index (χ0n) is 22.7. The van der Waals surface area contributed by atoms with Gasteiger partial charge in [-0.15, -0.1) is 0 Å². The molecule has 3 aromatic carbocycles. The minimum Gasteiger partial charge on any atom is -0.497 e. The highest BCUT2D eigenvalue weighted by molar-refractivity contribution is 6.91. The third-order valence-electron chi connectivity index (χ3n) is 8.43. The fourth-order valence-electron chi connectivity index (χ4n) is 6.45. The Kier molecular flexibility index (Phi) is 7.00. The molecule has 0 aromatic heterocycles. The summed E-state index contributed by atoms with van der Waals surface area (Å²) in [6.07, 6.45) is 0.123. The van der Waals surface area contributed by atoms with E-state index in [-0.39, 0.29) is 36.0 Å². The monoisotopic (exact) mass is 545 g/mol. The van der Waals surface area contributed by atoms with Crippen LogP contribution in [0.5, 0.6) is 5.75 Å². The smallest absolute Gasteiger partial charge is 0.261 e. The third-order valence-corrected chi connectivity index (χ3v) is 12.8. The van der Waals surface area contributed by atoms with E-state index in [2.05, 4.69) is 42.8 Å². The number of hydrogen-bond donors (Lipinski definition) is 4. The molecule has 1 saturated heterocycles. The zero-order valence-corrected chi connectivity index (χ0v) is 23.7. The maximum atomic E-state index is 13.7. The van der Waals surface area contributed by atoms with Gasteiger partial charge in [-0.3, -0.25) is 9.59 Å². The maximum Gasteiger partial charge on any atom is 0.261 e. The van der Waals surface area contributed by atoms with Gasteiger partial charge < -0.3 is 30.9 Å². The quantitative estimate of drug-likeness (QED) is 0.262. The fraction of sp³-hybridized carbons (Fsp3) is 0.333. The number of fused-ring (bicyclic) bond motifs is 2. The Bertz CT molecular complexity index is 1390. The number of nitrogens with one attached hydrogen (secondary N) is 2. The maximum absolute atomic E-state index is 13.7. The van der Waals surface area contributed by atoms with Gasteiger partial charge in [0, 0.05) is 40.7 Å². The van der Waals surface area contributed by atoms with E-state index in [1.807, 2.05) is 18.2 Å². The number of nitrogens with two attached hydrogens (primary N) is 1. The summed E-state index contributed by atoms with van der Waals surface area (Å²) >= 11 is 0. The highest BCUT2D eigenvalue weighted by Crippen LogP contribution is 2.58. The molecule has 1 fully saturated rings. The highest BCUT2D eigenvalue weighted by atomic mass is 28.3. The number of methoxy groups -OCH3 is 1. The first-order valence-electron chi connectivity index (χ1n) is 13.2. The Morgan fingerprint density at radius 3 is 2.46 bits per heavy atom. The van der Waals surface area contributed by atoms with E-state index in [1.54, 1.807) is 43.5 Å². The Morgan fingerprint density at radius 1 is 1.13 bits per heavy atom. The molecule has 8 nitrogen and oxygen atoms in total. The van der Waals surface area contributed by atoms with Crippen LogP contribution in [0.4, 0.5) is 17.1 Å². The van der Waals surface area contributed by atoms with E-state index in [9.17, 15) is 14.7 Å². The average Bonchev–Trinajstić information content (AvgIpc) is 3.38. The molecule has 2 aliphatic heterocycles. The Hall–Kier alpha value is -3.66. The van der Waals surface area contributed by atoms with Gasteiger partial charge in [0.1, 0.15) is 5.75 Å². The molecule has 0 aliphatic carbocycles. The summed E-state index contributed by atoms with van der Waals surface area (Å²) < 4.78 is 12.1. The lowest BCUT2D eigenvalue weighted by atomic mass is 9.82. The highest BCUT2D eigenvalue weighted by Gasteiger charge is 2.64. The first-order chi connectivity index (χ1) is 18.6. The van der Waals surface area contributed by atoms with Gasteiger partial charge in [0.15, 0.2) is 5.60 Å². The Morgan fingerprint density at radius 2 is 1.82 bits per heavy atom. The molecule has 2 heterocycles. The van der Waals surface area contributed by atoms with Crippen LogP contribution in [0.1, 0.15) is 29.3 Å². The normalized spacial score (nSPS) is 23.9. The molecule has 5 N–H and O–H groups in total. The largest absolute Gasteiger partial charge is 0.497 e. The molecule has 0 saturated carbocycles. The number of carbonyl (C=O) groups excluding carboxylic acids is 2. The van der Waals surface area contributed by atoms with Gasteiger partial charge in [-0.25, -0.2) is 0 Å². The van der Waals surface area contributed by atoms with Crippen LogP contribution in [-0.2, 0) is 15.1 Å². The van der Waals surface area contributed by atoms with Crippen LogP contribution in [-0.4, -0.2) is 44.8 Å². The minimum absolute atomic E-state index is 0.0385. The summed E-state index contributed by atoms with van der Waals surface area (Å²) in [6.45, 7) is 6.62. The molecule has 0 unspecified atom stereocenters. The van der Waals surface area contributed by atoms with Crippen LogP contribution in [0, 0.1) is 5.92 Å². The van der Waals surface area contributed by atoms with Crippen molar-refractivity contribution in [2.24, 2.45) is 5.92 Å². The fourth-order valence-corrected chi connectivity index (χ4v) is 10.5. The molecular formula is C30H35N3O5Si. The number of carbonyl (C=O) groups is 2. The van der Waals surface area contributed by atoms with Gasteiger partial charge in [-0.1, -0.05) is 37.3 Å². The van der Waals surface area contributed by atoms with Crippen molar-refractivity contribution in [3.05, 3.63) is 77.9 Å². The summed E-state index contributed by atoms with van der Waals surface area (Å²) in [6, 6.07) is 20.2. The van der Waals surface area contributed by atoms with Crippen LogP contribution in [0.15, 0.2) is 66.7 Å². The first kappa shape index (κ1) is 26.9. The number of nitrogen functional groups attached to an aromatic ring is 1. The number of hydrogen-bond acceptors (Lipinski definition) is 6. The second-order valence-electron chi connectivity index (χ2n) is 11.0. The number of ether oxygens (including phenoxy) is 2. The average molecular weight is 546 g/mol. The molecule has 204 valence electrons. The number of amides is 2. The van der Waals surface area contributed by atoms with Gasteiger partial charge in [0.25, 0.3) is 11.8 Å².